The summed E-state index contributed by atoms with van der Waals surface area (Å²) in [6, 6.07) is 11.1. The van der Waals surface area contributed by atoms with E-state index in [4.69, 9.17) is 14.3 Å². The number of benzene rings is 1. The highest BCUT2D eigenvalue weighted by Gasteiger charge is 2.18. The Hall–Kier alpha value is -2.90. The largest absolute Gasteiger partial charge is 0.486 e. The van der Waals surface area contributed by atoms with Crippen molar-refractivity contribution in [2.45, 2.75) is 39.1 Å². The molecule has 3 aromatic rings. The Labute approximate surface area is 163 Å². The predicted octanol–water partition coefficient (Wildman–Crippen LogP) is 3.41. The number of aromatic nitrogens is 2. The third-order valence-corrected chi connectivity index (χ3v) is 4.66. The smallest absolute Gasteiger partial charge is 0.278 e. The van der Waals surface area contributed by atoms with Crippen molar-refractivity contribution in [2.24, 2.45) is 0 Å². The summed E-state index contributed by atoms with van der Waals surface area (Å²) in [4.78, 5) is 22.5. The van der Waals surface area contributed by atoms with Crippen molar-refractivity contribution in [1.29, 1.82) is 0 Å². The maximum absolute atomic E-state index is 12.5. The molecule has 1 amide bonds. The van der Waals surface area contributed by atoms with E-state index in [0.29, 0.717) is 17.9 Å². The van der Waals surface area contributed by atoms with E-state index in [9.17, 15) is 4.79 Å². The number of ether oxygens (including phenoxy) is 2. The summed E-state index contributed by atoms with van der Waals surface area (Å²) in [5.41, 5.74) is 5.65. The molecule has 4 rings (SSSR count). The van der Waals surface area contributed by atoms with E-state index >= 15 is 0 Å². The fourth-order valence-corrected chi connectivity index (χ4v) is 3.18. The van der Waals surface area contributed by atoms with Crippen LogP contribution in [0.2, 0.25) is 0 Å². The number of nitrogens with one attached hydrogen (secondary N) is 1. The lowest BCUT2D eigenvalue weighted by atomic mass is 10.2. The second-order valence-corrected chi connectivity index (χ2v) is 6.78. The highest BCUT2D eigenvalue weighted by molar-refractivity contribution is 5.96. The maximum Gasteiger partial charge on any atom is 0.278 e. The van der Waals surface area contributed by atoms with E-state index in [1.54, 1.807) is 18.2 Å². The Morgan fingerprint density at radius 1 is 1.29 bits per heavy atom. The number of hydrogen-bond donors (Lipinski definition) is 1. The molecule has 2 aromatic heterocycles. The Kier molecular flexibility index (Phi) is 5.55. The van der Waals surface area contributed by atoms with Gasteiger partial charge in [-0.2, -0.15) is 0 Å². The van der Waals surface area contributed by atoms with Gasteiger partial charge in [0.05, 0.1) is 11.3 Å². The molecule has 146 valence electrons. The number of amides is 1. The lowest BCUT2D eigenvalue weighted by Gasteiger charge is -2.22. The molecule has 0 aliphatic carbocycles. The van der Waals surface area contributed by atoms with Crippen LogP contribution in [0.25, 0.3) is 5.65 Å². The van der Waals surface area contributed by atoms with Crippen molar-refractivity contribution < 1.29 is 19.1 Å². The fraction of sp³-hybridized carbons (Fsp3) is 0.333. The highest BCUT2D eigenvalue weighted by Crippen LogP contribution is 2.20. The van der Waals surface area contributed by atoms with E-state index in [1.165, 1.54) is 0 Å². The van der Waals surface area contributed by atoms with Crippen molar-refractivity contribution in [3.05, 3.63) is 65.6 Å². The number of nitrogens with zero attached hydrogens (tertiary/aromatic N) is 2. The molecule has 1 unspecified atom stereocenters. The van der Waals surface area contributed by atoms with Gasteiger partial charge in [0.15, 0.2) is 6.29 Å². The molecule has 0 radical (unpaired) electrons. The van der Waals surface area contributed by atoms with Gasteiger partial charge < -0.3 is 13.9 Å². The van der Waals surface area contributed by atoms with E-state index in [1.807, 2.05) is 41.9 Å². The van der Waals surface area contributed by atoms with E-state index < -0.39 is 6.29 Å². The molecule has 1 fully saturated rings. The van der Waals surface area contributed by atoms with Crippen molar-refractivity contribution in [1.82, 2.24) is 14.9 Å². The third-order valence-electron chi connectivity index (χ3n) is 4.66. The van der Waals surface area contributed by atoms with Crippen LogP contribution in [0.5, 0.6) is 5.75 Å². The average Bonchev–Trinajstić information content (AvgIpc) is 3.16. The summed E-state index contributed by atoms with van der Waals surface area (Å²) >= 11 is 0. The van der Waals surface area contributed by atoms with Gasteiger partial charge in [0.2, 0.25) is 0 Å². The number of para-hydroxylation sites is 1. The summed E-state index contributed by atoms with van der Waals surface area (Å²) in [5.74, 6) is 0.109. The molecular weight excluding hydrogens is 358 g/mol. The molecule has 1 saturated heterocycles. The van der Waals surface area contributed by atoms with E-state index in [-0.39, 0.29) is 12.5 Å². The summed E-state index contributed by atoms with van der Waals surface area (Å²) in [6.07, 6.45) is 6.30. The molecule has 0 saturated carbocycles. The molecule has 1 atom stereocenters. The van der Waals surface area contributed by atoms with Crippen molar-refractivity contribution >= 4 is 11.6 Å². The first-order valence-electron chi connectivity index (χ1n) is 9.43. The number of fused-ring (bicyclic) bond motifs is 1. The quantitative estimate of drug-likeness (QED) is 0.663. The van der Waals surface area contributed by atoms with Crippen molar-refractivity contribution in [3.8, 4) is 5.75 Å². The first-order valence-corrected chi connectivity index (χ1v) is 9.43. The molecule has 7 heteroatoms. The molecule has 7 nitrogen and oxygen atoms in total. The van der Waals surface area contributed by atoms with Crippen LogP contribution in [-0.4, -0.2) is 28.2 Å². The molecule has 0 spiro atoms. The van der Waals surface area contributed by atoms with Crippen LogP contribution < -0.4 is 10.2 Å². The maximum atomic E-state index is 12.5. The number of aryl methyl sites for hydroxylation is 1. The number of hydroxylamine groups is 1. The van der Waals surface area contributed by atoms with Crippen LogP contribution in [-0.2, 0) is 16.2 Å². The minimum Gasteiger partial charge on any atom is -0.486 e. The minimum atomic E-state index is -0.396. The third kappa shape index (κ3) is 4.16. The SMILES string of the molecule is Cc1cccn2cc(COc3ccccc3C(=O)NOC3CCCCO3)nc12. The highest BCUT2D eigenvalue weighted by atomic mass is 16.8. The van der Waals surface area contributed by atoms with Gasteiger partial charge in [0.1, 0.15) is 18.0 Å². The van der Waals surface area contributed by atoms with Gasteiger partial charge in [-0.1, -0.05) is 18.2 Å². The molecule has 1 aliphatic heterocycles. The molecular formula is C21H23N3O4. The Balaban J connectivity index is 1.41. The van der Waals surface area contributed by atoms with Crippen LogP contribution >= 0.6 is 0 Å². The minimum absolute atomic E-state index is 0.262. The lowest BCUT2D eigenvalue weighted by Crippen LogP contribution is -2.33. The first-order chi connectivity index (χ1) is 13.7. The lowest BCUT2D eigenvalue weighted by molar-refractivity contribution is -0.186. The second kappa shape index (κ2) is 8.41. The zero-order chi connectivity index (χ0) is 19.3. The van der Waals surface area contributed by atoms with Gasteiger partial charge in [-0.25, -0.2) is 15.3 Å². The molecule has 1 aromatic carbocycles. The monoisotopic (exact) mass is 381 g/mol. The number of hydrogen-bond acceptors (Lipinski definition) is 5. The van der Waals surface area contributed by atoms with Gasteiger partial charge >= 0.3 is 0 Å². The topological polar surface area (TPSA) is 74.1 Å². The Morgan fingerprint density at radius 2 is 2.18 bits per heavy atom. The zero-order valence-corrected chi connectivity index (χ0v) is 15.8. The van der Waals surface area contributed by atoms with Gasteiger partial charge in [-0.15, -0.1) is 0 Å². The van der Waals surface area contributed by atoms with Crippen LogP contribution in [0.4, 0.5) is 0 Å². The van der Waals surface area contributed by atoms with Crippen LogP contribution in [0.15, 0.2) is 48.8 Å². The first kappa shape index (κ1) is 18.5. The van der Waals surface area contributed by atoms with Crippen LogP contribution in [0.1, 0.15) is 40.9 Å². The average molecular weight is 381 g/mol. The zero-order valence-electron chi connectivity index (χ0n) is 15.8. The molecule has 0 bridgehead atoms. The summed E-state index contributed by atoms with van der Waals surface area (Å²) in [6.45, 7) is 2.93. The number of carbonyl (C=O) groups excluding carboxylic acids is 1. The van der Waals surface area contributed by atoms with Crippen molar-refractivity contribution in [3.63, 3.8) is 0 Å². The predicted molar refractivity (Wildman–Crippen MR) is 103 cm³/mol. The molecule has 3 heterocycles. The van der Waals surface area contributed by atoms with Crippen LogP contribution in [0, 0.1) is 6.92 Å². The Morgan fingerprint density at radius 3 is 3.00 bits per heavy atom. The number of imidazole rings is 1. The number of pyridine rings is 1. The summed E-state index contributed by atoms with van der Waals surface area (Å²) in [7, 11) is 0. The summed E-state index contributed by atoms with van der Waals surface area (Å²) in [5, 5.41) is 0. The van der Waals surface area contributed by atoms with E-state index in [0.717, 1.165) is 36.2 Å². The standard InChI is InChI=1S/C21H23N3O4/c1-15-7-6-11-24-13-16(22-20(15)24)14-27-18-9-3-2-8-17(18)21(25)23-28-19-10-4-5-12-26-19/h2-3,6-9,11,13,19H,4-5,10,12,14H2,1H3,(H,23,25). The molecule has 1 N–H and O–H groups in total. The van der Waals surface area contributed by atoms with Gasteiger partial charge in [-0.3, -0.25) is 4.79 Å². The molecule has 28 heavy (non-hydrogen) atoms. The van der Waals surface area contributed by atoms with Gasteiger partial charge in [0, 0.05) is 25.4 Å². The Bertz CT molecular complexity index is 963. The van der Waals surface area contributed by atoms with E-state index in [2.05, 4.69) is 10.5 Å². The second-order valence-electron chi connectivity index (χ2n) is 6.78. The van der Waals surface area contributed by atoms with Gasteiger partial charge in [-0.05, 0) is 43.5 Å². The number of rotatable bonds is 6. The summed E-state index contributed by atoms with van der Waals surface area (Å²) < 4.78 is 13.3. The fourth-order valence-electron chi connectivity index (χ4n) is 3.18. The molecule has 1 aliphatic rings. The van der Waals surface area contributed by atoms with Gasteiger partial charge in [0.25, 0.3) is 5.91 Å². The van der Waals surface area contributed by atoms with Crippen molar-refractivity contribution in [2.75, 3.05) is 6.61 Å². The number of carbonyl (C=O) groups is 1. The van der Waals surface area contributed by atoms with Crippen LogP contribution in [0.3, 0.4) is 0 Å². The normalized spacial score (nSPS) is 16.8.